The first kappa shape index (κ1) is 9.17. The number of fused-ring (bicyclic) bond motifs is 1. The molecule has 0 saturated heterocycles. The first-order chi connectivity index (χ1) is 6.61. The van der Waals surface area contributed by atoms with Gasteiger partial charge in [0.1, 0.15) is 12.8 Å². The summed E-state index contributed by atoms with van der Waals surface area (Å²) in [6.07, 6.45) is -0.904. The number of H-pyrrole nitrogens is 1. The highest BCUT2D eigenvalue weighted by Crippen LogP contribution is 2.17. The fraction of sp³-hybridized carbons (Fsp3) is 0.500. The molecule has 1 aromatic heterocycles. The van der Waals surface area contributed by atoms with Crippen LogP contribution in [-0.2, 0) is 11.5 Å². The maximum atomic E-state index is 11.3. The molecule has 2 heterocycles. The van der Waals surface area contributed by atoms with Crippen molar-refractivity contribution in [2.75, 3.05) is 6.61 Å². The second-order valence-corrected chi connectivity index (χ2v) is 3.21. The lowest BCUT2D eigenvalue weighted by atomic mass is 10.1. The summed E-state index contributed by atoms with van der Waals surface area (Å²) in [5.74, 6) is 0. The van der Waals surface area contributed by atoms with Crippen molar-refractivity contribution in [1.82, 2.24) is 9.55 Å². The molecule has 6 nitrogen and oxygen atoms in total. The van der Waals surface area contributed by atoms with Crippen LogP contribution in [0, 0.1) is 6.92 Å². The average molecular weight is 198 g/mol. The SMILES string of the molecule is Cc1c2n(c(=O)[nH]c1=O)COCC2O. The standard InChI is InChI=1S/C8H10N2O4/c1-4-6-5(11)2-14-3-10(6)8(13)9-7(4)12/h5,11H,2-3H2,1H3,(H,9,12,13). The van der Waals surface area contributed by atoms with Gasteiger partial charge in [0.15, 0.2) is 0 Å². The Kier molecular flexibility index (Phi) is 2.01. The number of rotatable bonds is 0. The van der Waals surface area contributed by atoms with Crippen molar-refractivity contribution in [3.63, 3.8) is 0 Å². The summed E-state index contributed by atoms with van der Waals surface area (Å²) < 4.78 is 6.20. The number of aromatic amines is 1. The van der Waals surface area contributed by atoms with Crippen molar-refractivity contribution >= 4 is 0 Å². The van der Waals surface area contributed by atoms with Crippen LogP contribution in [0.1, 0.15) is 17.4 Å². The molecule has 0 saturated carbocycles. The minimum Gasteiger partial charge on any atom is -0.384 e. The number of ether oxygens (including phenoxy) is 1. The summed E-state index contributed by atoms with van der Waals surface area (Å²) >= 11 is 0. The van der Waals surface area contributed by atoms with Gasteiger partial charge in [-0.05, 0) is 6.92 Å². The highest BCUT2D eigenvalue weighted by atomic mass is 16.5. The largest absolute Gasteiger partial charge is 0.384 e. The Labute approximate surface area is 78.8 Å². The Bertz CT molecular complexity index is 473. The zero-order valence-electron chi connectivity index (χ0n) is 7.61. The summed E-state index contributed by atoms with van der Waals surface area (Å²) in [4.78, 5) is 24.7. The molecule has 2 N–H and O–H groups in total. The van der Waals surface area contributed by atoms with Gasteiger partial charge in [0.05, 0.1) is 12.3 Å². The Morgan fingerprint density at radius 1 is 1.57 bits per heavy atom. The van der Waals surface area contributed by atoms with Gasteiger partial charge in [-0.1, -0.05) is 0 Å². The number of aliphatic hydroxyl groups excluding tert-OH is 1. The predicted molar refractivity (Wildman–Crippen MR) is 47.0 cm³/mol. The number of aromatic nitrogens is 2. The Morgan fingerprint density at radius 2 is 2.29 bits per heavy atom. The van der Waals surface area contributed by atoms with Gasteiger partial charge in [0, 0.05) is 5.56 Å². The molecule has 1 aromatic rings. The number of nitrogens with one attached hydrogen (secondary N) is 1. The van der Waals surface area contributed by atoms with Crippen LogP contribution in [0.15, 0.2) is 9.59 Å². The second-order valence-electron chi connectivity index (χ2n) is 3.21. The van der Waals surface area contributed by atoms with Crippen molar-refractivity contribution < 1.29 is 9.84 Å². The summed E-state index contributed by atoms with van der Waals surface area (Å²) in [5.41, 5.74) is -0.290. The number of hydrogen-bond donors (Lipinski definition) is 2. The molecule has 76 valence electrons. The minimum atomic E-state index is -0.904. The van der Waals surface area contributed by atoms with Crippen molar-refractivity contribution in [2.45, 2.75) is 19.8 Å². The molecule has 0 aliphatic carbocycles. The molecule has 14 heavy (non-hydrogen) atoms. The van der Waals surface area contributed by atoms with E-state index in [1.54, 1.807) is 6.92 Å². The zero-order chi connectivity index (χ0) is 10.3. The number of hydrogen-bond acceptors (Lipinski definition) is 4. The normalized spacial score (nSPS) is 20.6. The van der Waals surface area contributed by atoms with E-state index in [1.165, 1.54) is 4.57 Å². The molecule has 0 bridgehead atoms. The lowest BCUT2D eigenvalue weighted by Crippen LogP contribution is -2.39. The highest BCUT2D eigenvalue weighted by molar-refractivity contribution is 5.19. The van der Waals surface area contributed by atoms with E-state index in [1.807, 2.05) is 0 Å². The van der Waals surface area contributed by atoms with E-state index < -0.39 is 17.4 Å². The van der Waals surface area contributed by atoms with Gasteiger partial charge in [-0.3, -0.25) is 14.3 Å². The third-order valence-electron chi connectivity index (χ3n) is 2.29. The van der Waals surface area contributed by atoms with Gasteiger partial charge < -0.3 is 9.84 Å². The summed E-state index contributed by atoms with van der Waals surface area (Å²) in [5, 5.41) is 9.55. The molecule has 1 atom stereocenters. The van der Waals surface area contributed by atoms with Crippen LogP contribution >= 0.6 is 0 Å². The molecule has 0 amide bonds. The molecular weight excluding hydrogens is 188 g/mol. The van der Waals surface area contributed by atoms with Crippen LogP contribution in [0.3, 0.4) is 0 Å². The smallest absolute Gasteiger partial charge is 0.330 e. The van der Waals surface area contributed by atoms with Gasteiger partial charge in [-0.15, -0.1) is 0 Å². The van der Waals surface area contributed by atoms with E-state index in [4.69, 9.17) is 4.74 Å². The topological polar surface area (TPSA) is 84.3 Å². The monoisotopic (exact) mass is 198 g/mol. The molecule has 0 fully saturated rings. The van der Waals surface area contributed by atoms with Gasteiger partial charge in [0.25, 0.3) is 5.56 Å². The van der Waals surface area contributed by atoms with Gasteiger partial charge in [0.2, 0.25) is 0 Å². The van der Waals surface area contributed by atoms with Crippen LogP contribution in [0.5, 0.6) is 0 Å². The van der Waals surface area contributed by atoms with Crippen LogP contribution in [-0.4, -0.2) is 21.3 Å². The maximum absolute atomic E-state index is 11.3. The second kappa shape index (κ2) is 3.07. The van der Waals surface area contributed by atoms with Gasteiger partial charge in [-0.25, -0.2) is 4.79 Å². The molecule has 0 radical (unpaired) electrons. The molecule has 1 unspecified atom stereocenters. The molecule has 0 spiro atoms. The van der Waals surface area contributed by atoms with Crippen LogP contribution < -0.4 is 11.2 Å². The molecular formula is C8H10N2O4. The molecule has 2 rings (SSSR count). The lowest BCUT2D eigenvalue weighted by molar-refractivity contribution is -0.0325. The fourth-order valence-corrected chi connectivity index (χ4v) is 1.58. The van der Waals surface area contributed by atoms with Crippen molar-refractivity contribution in [1.29, 1.82) is 0 Å². The predicted octanol–water partition coefficient (Wildman–Crippen LogP) is -1.13. The number of nitrogens with zero attached hydrogens (tertiary/aromatic N) is 1. The first-order valence-electron chi connectivity index (χ1n) is 4.20. The lowest BCUT2D eigenvalue weighted by Gasteiger charge is -2.23. The maximum Gasteiger partial charge on any atom is 0.330 e. The summed E-state index contributed by atoms with van der Waals surface area (Å²) in [7, 11) is 0. The molecule has 1 aliphatic rings. The van der Waals surface area contributed by atoms with Crippen molar-refractivity contribution in [3.8, 4) is 0 Å². The molecule has 0 aromatic carbocycles. The Balaban J connectivity index is 2.80. The van der Waals surface area contributed by atoms with Crippen LogP contribution in [0.25, 0.3) is 0 Å². The van der Waals surface area contributed by atoms with Gasteiger partial charge in [-0.2, -0.15) is 0 Å². The first-order valence-corrected chi connectivity index (χ1v) is 4.20. The third-order valence-corrected chi connectivity index (χ3v) is 2.29. The van der Waals surface area contributed by atoms with E-state index >= 15 is 0 Å². The number of aliphatic hydroxyl groups is 1. The summed E-state index contributed by atoms with van der Waals surface area (Å²) in [6, 6.07) is 0. The zero-order valence-corrected chi connectivity index (χ0v) is 7.61. The fourth-order valence-electron chi connectivity index (χ4n) is 1.58. The van der Waals surface area contributed by atoms with Crippen molar-refractivity contribution in [3.05, 3.63) is 32.1 Å². The van der Waals surface area contributed by atoms with E-state index in [9.17, 15) is 14.7 Å². The van der Waals surface area contributed by atoms with E-state index in [0.717, 1.165) is 0 Å². The third kappa shape index (κ3) is 1.19. The minimum absolute atomic E-state index is 0.0723. The molecule has 1 aliphatic heterocycles. The van der Waals surface area contributed by atoms with Crippen molar-refractivity contribution in [2.24, 2.45) is 0 Å². The van der Waals surface area contributed by atoms with Crippen LogP contribution in [0.4, 0.5) is 0 Å². The molecule has 6 heteroatoms. The quantitative estimate of drug-likeness (QED) is 0.552. The van der Waals surface area contributed by atoms with Crippen LogP contribution in [0.2, 0.25) is 0 Å². The van der Waals surface area contributed by atoms with E-state index in [2.05, 4.69) is 4.98 Å². The average Bonchev–Trinajstić information content (AvgIpc) is 2.14. The summed E-state index contributed by atoms with van der Waals surface area (Å²) in [6.45, 7) is 1.76. The highest BCUT2D eigenvalue weighted by Gasteiger charge is 2.23. The van der Waals surface area contributed by atoms with Gasteiger partial charge >= 0.3 is 5.69 Å². The van der Waals surface area contributed by atoms with E-state index in [0.29, 0.717) is 11.3 Å². The Hall–Kier alpha value is -1.40. The van der Waals surface area contributed by atoms with E-state index in [-0.39, 0.29) is 13.3 Å². The Morgan fingerprint density at radius 3 is 3.00 bits per heavy atom.